The molecule has 1 amide bonds. The number of nitrogens with two attached hydrogens (primary N) is 1. The first-order valence-corrected chi connectivity index (χ1v) is 13.7. The maximum absolute atomic E-state index is 13.3. The van der Waals surface area contributed by atoms with Crippen LogP contribution in [0.4, 0.5) is 11.8 Å². The summed E-state index contributed by atoms with van der Waals surface area (Å²) in [6.45, 7) is 5.74. The summed E-state index contributed by atoms with van der Waals surface area (Å²) in [5.74, 6) is 0.0398. The fourth-order valence-corrected chi connectivity index (χ4v) is 4.97. The van der Waals surface area contributed by atoms with Crippen LogP contribution >= 0.6 is 0 Å². The molecule has 1 fully saturated rings. The van der Waals surface area contributed by atoms with Crippen molar-refractivity contribution in [1.29, 1.82) is 0 Å². The molecule has 0 atom stereocenters. The minimum atomic E-state index is -4.31. The predicted octanol–water partition coefficient (Wildman–Crippen LogP) is 3.93. The summed E-state index contributed by atoms with van der Waals surface area (Å²) in [5, 5.41) is 2.84. The number of hydrogen-bond donors (Lipinski definition) is 3. The number of hydrogen-bond acceptors (Lipinski definition) is 10. The molecule has 39 heavy (non-hydrogen) atoms. The monoisotopic (exact) mass is 545 g/mol. The zero-order valence-corrected chi connectivity index (χ0v) is 22.4. The van der Waals surface area contributed by atoms with Gasteiger partial charge in [-0.15, -0.1) is 0 Å². The Morgan fingerprint density at radius 2 is 1.69 bits per heavy atom. The van der Waals surface area contributed by atoms with Crippen molar-refractivity contribution < 1.29 is 17.9 Å². The van der Waals surface area contributed by atoms with Crippen molar-refractivity contribution in [2.45, 2.75) is 44.7 Å². The van der Waals surface area contributed by atoms with Gasteiger partial charge in [-0.2, -0.15) is 8.42 Å². The smallest absolute Gasteiger partial charge is 0.281 e. The van der Waals surface area contributed by atoms with Gasteiger partial charge >= 0.3 is 0 Å². The maximum Gasteiger partial charge on any atom is 0.281 e. The SMILES string of the molecule is Cc1cc(C)c(Oc2nc(-c3cnc(NC4CC4)nc3)ccc2C(=O)NS(=O)(=O)c2cccc(N)n2)c(C)c1. The van der Waals surface area contributed by atoms with E-state index in [0.29, 0.717) is 29.0 Å². The molecule has 1 aliphatic carbocycles. The van der Waals surface area contributed by atoms with Crippen LogP contribution < -0.4 is 20.5 Å². The number of nitrogens with zero attached hydrogens (tertiary/aromatic N) is 4. The van der Waals surface area contributed by atoms with E-state index in [2.05, 4.69) is 25.3 Å². The highest BCUT2D eigenvalue weighted by Gasteiger charge is 2.25. The number of benzene rings is 1. The van der Waals surface area contributed by atoms with Gasteiger partial charge in [0.2, 0.25) is 11.8 Å². The van der Waals surface area contributed by atoms with Crippen molar-refractivity contribution in [2.75, 3.05) is 11.1 Å². The lowest BCUT2D eigenvalue weighted by Gasteiger charge is -2.16. The van der Waals surface area contributed by atoms with E-state index in [9.17, 15) is 13.2 Å². The van der Waals surface area contributed by atoms with E-state index in [0.717, 1.165) is 29.5 Å². The third-order valence-electron chi connectivity index (χ3n) is 6.01. The molecule has 0 aliphatic heterocycles. The van der Waals surface area contributed by atoms with E-state index in [-0.39, 0.29) is 22.3 Å². The van der Waals surface area contributed by atoms with Crippen LogP contribution in [0.25, 0.3) is 11.3 Å². The number of pyridine rings is 2. The Bertz CT molecular complexity index is 1650. The van der Waals surface area contributed by atoms with Gasteiger partial charge < -0.3 is 15.8 Å². The molecule has 4 aromatic rings. The van der Waals surface area contributed by atoms with E-state index >= 15 is 0 Å². The molecule has 3 aromatic heterocycles. The molecule has 1 saturated carbocycles. The van der Waals surface area contributed by atoms with E-state index in [1.165, 1.54) is 24.3 Å². The Hall–Kier alpha value is -4.58. The van der Waals surface area contributed by atoms with Crippen LogP contribution in [0.5, 0.6) is 11.6 Å². The molecule has 0 unspecified atom stereocenters. The van der Waals surface area contributed by atoms with Crippen LogP contribution in [0.15, 0.2) is 59.9 Å². The molecule has 1 aliphatic rings. The van der Waals surface area contributed by atoms with Gasteiger partial charge in [0, 0.05) is 24.0 Å². The van der Waals surface area contributed by atoms with Gasteiger partial charge in [0.1, 0.15) is 17.1 Å². The average Bonchev–Trinajstić information content (AvgIpc) is 3.70. The second-order valence-electron chi connectivity index (χ2n) is 9.43. The Balaban J connectivity index is 1.51. The number of carbonyl (C=O) groups is 1. The molecule has 11 nitrogen and oxygen atoms in total. The molecule has 5 rings (SSSR count). The highest BCUT2D eigenvalue weighted by atomic mass is 32.2. The number of sulfonamides is 1. The number of rotatable bonds is 8. The number of carbonyl (C=O) groups excluding carboxylic acids is 1. The zero-order chi connectivity index (χ0) is 27.7. The number of nitrogen functional groups attached to an aromatic ring is 1. The van der Waals surface area contributed by atoms with Gasteiger partial charge in [0.25, 0.3) is 15.9 Å². The van der Waals surface area contributed by atoms with Crippen LogP contribution in [-0.2, 0) is 10.0 Å². The number of aromatic nitrogens is 4. The molecular weight excluding hydrogens is 518 g/mol. The summed E-state index contributed by atoms with van der Waals surface area (Å²) < 4.78 is 33.9. The number of anilines is 2. The van der Waals surface area contributed by atoms with Gasteiger partial charge in [-0.05, 0) is 69.0 Å². The average molecular weight is 546 g/mol. The second kappa shape index (κ2) is 10.3. The molecule has 0 radical (unpaired) electrons. The normalized spacial score (nSPS) is 13.1. The molecule has 0 bridgehead atoms. The van der Waals surface area contributed by atoms with Crippen LogP contribution in [0.3, 0.4) is 0 Å². The van der Waals surface area contributed by atoms with E-state index < -0.39 is 15.9 Å². The largest absolute Gasteiger partial charge is 0.438 e. The predicted molar refractivity (Wildman–Crippen MR) is 146 cm³/mol. The lowest BCUT2D eigenvalue weighted by molar-refractivity contribution is 0.0978. The van der Waals surface area contributed by atoms with Gasteiger partial charge in [-0.25, -0.2) is 24.7 Å². The fourth-order valence-electron chi connectivity index (χ4n) is 4.03. The molecule has 0 spiro atoms. The molecule has 1 aromatic carbocycles. The highest BCUT2D eigenvalue weighted by Crippen LogP contribution is 2.32. The Labute approximate surface area is 226 Å². The summed E-state index contributed by atoms with van der Waals surface area (Å²) in [4.78, 5) is 30.3. The molecule has 3 heterocycles. The van der Waals surface area contributed by atoms with Crippen molar-refractivity contribution in [3.05, 3.63) is 77.1 Å². The third-order valence-corrected chi connectivity index (χ3v) is 7.25. The van der Waals surface area contributed by atoms with Crippen molar-refractivity contribution in [1.82, 2.24) is 24.7 Å². The minimum absolute atomic E-state index is 0.00579. The third kappa shape index (κ3) is 5.96. The number of nitrogens with one attached hydrogen (secondary N) is 2. The van der Waals surface area contributed by atoms with Crippen molar-refractivity contribution >= 4 is 27.7 Å². The highest BCUT2D eigenvalue weighted by molar-refractivity contribution is 7.90. The Morgan fingerprint density at radius 3 is 2.33 bits per heavy atom. The van der Waals surface area contributed by atoms with Crippen LogP contribution in [-0.4, -0.2) is 40.3 Å². The summed E-state index contributed by atoms with van der Waals surface area (Å²) >= 11 is 0. The Kier molecular flexibility index (Phi) is 6.87. The first kappa shape index (κ1) is 26.0. The Morgan fingerprint density at radius 1 is 1.00 bits per heavy atom. The lowest BCUT2D eigenvalue weighted by atomic mass is 10.1. The van der Waals surface area contributed by atoms with Crippen LogP contribution in [0.2, 0.25) is 0 Å². The van der Waals surface area contributed by atoms with Crippen LogP contribution in [0.1, 0.15) is 39.9 Å². The quantitative estimate of drug-likeness (QED) is 0.296. The van der Waals surface area contributed by atoms with E-state index in [1.807, 2.05) is 37.6 Å². The van der Waals surface area contributed by atoms with Gasteiger partial charge in [0.05, 0.1) is 5.69 Å². The van der Waals surface area contributed by atoms with Crippen molar-refractivity contribution in [3.8, 4) is 22.9 Å². The minimum Gasteiger partial charge on any atom is -0.438 e. The van der Waals surface area contributed by atoms with E-state index in [4.69, 9.17) is 10.5 Å². The second-order valence-corrected chi connectivity index (χ2v) is 11.1. The number of amides is 1. The summed E-state index contributed by atoms with van der Waals surface area (Å²) in [7, 11) is -4.31. The van der Waals surface area contributed by atoms with Crippen LogP contribution in [0, 0.1) is 20.8 Å². The summed E-state index contributed by atoms with van der Waals surface area (Å²) in [5.41, 5.74) is 9.30. The molecule has 200 valence electrons. The molecule has 12 heteroatoms. The number of ether oxygens (including phenoxy) is 1. The first-order chi connectivity index (χ1) is 18.6. The first-order valence-electron chi connectivity index (χ1n) is 12.2. The van der Waals surface area contributed by atoms with Gasteiger partial charge in [0.15, 0.2) is 5.03 Å². The van der Waals surface area contributed by atoms with E-state index in [1.54, 1.807) is 18.5 Å². The molecule has 0 saturated heterocycles. The lowest BCUT2D eigenvalue weighted by Crippen LogP contribution is -2.31. The fraction of sp³-hybridized carbons (Fsp3) is 0.222. The topological polar surface area (TPSA) is 162 Å². The van der Waals surface area contributed by atoms with Crippen molar-refractivity contribution in [3.63, 3.8) is 0 Å². The molecular formula is C27H27N7O4S. The van der Waals surface area contributed by atoms with Gasteiger partial charge in [-0.1, -0.05) is 23.8 Å². The standard InChI is InChI=1S/C27H27N7O4S/c1-15-11-16(2)24(17(3)12-15)38-26-20(25(35)34-39(36,37)23-6-4-5-22(28)33-23)9-10-21(32-26)18-13-29-27(30-14-18)31-19-7-8-19/h4-6,9-14,19H,7-8H2,1-3H3,(H2,28,33)(H,34,35)(H,29,30,31). The van der Waals surface area contributed by atoms with Gasteiger partial charge in [-0.3, -0.25) is 4.79 Å². The summed E-state index contributed by atoms with van der Waals surface area (Å²) in [6, 6.07) is 11.4. The van der Waals surface area contributed by atoms with Crippen molar-refractivity contribution in [2.24, 2.45) is 0 Å². The zero-order valence-electron chi connectivity index (χ0n) is 21.6. The molecule has 4 N–H and O–H groups in total. The number of aryl methyl sites for hydroxylation is 3. The summed E-state index contributed by atoms with van der Waals surface area (Å²) in [6.07, 6.45) is 5.44. The maximum atomic E-state index is 13.3.